The minimum absolute atomic E-state index is 0.534. The zero-order valence-electron chi connectivity index (χ0n) is 14.5. The van der Waals surface area contributed by atoms with Crippen LogP contribution >= 0.6 is 0 Å². The average molecular weight is 308 g/mol. The first-order valence-electron chi connectivity index (χ1n) is 8.64. The van der Waals surface area contributed by atoms with E-state index in [2.05, 4.69) is 62.2 Å². The van der Waals surface area contributed by atoms with E-state index in [1.165, 1.54) is 36.9 Å². The van der Waals surface area contributed by atoms with Crippen LogP contribution in [0.2, 0.25) is 0 Å². The third kappa shape index (κ3) is 3.69. The molecule has 23 heavy (non-hydrogen) atoms. The highest BCUT2D eigenvalue weighted by Crippen LogP contribution is 2.42. The monoisotopic (exact) mass is 308 g/mol. The smallest absolute Gasteiger partial charge is 0.0409 e. The molecule has 0 spiro atoms. The van der Waals surface area contributed by atoms with Crippen LogP contribution in [0.15, 0.2) is 48.5 Å². The summed E-state index contributed by atoms with van der Waals surface area (Å²) in [4.78, 5) is 2.20. The van der Waals surface area contributed by atoms with Crippen molar-refractivity contribution in [3.63, 3.8) is 0 Å². The normalized spacial score (nSPS) is 17.9. The molecule has 2 heteroatoms. The number of hydrogen-bond acceptors (Lipinski definition) is 2. The molecule has 2 N–H and O–H groups in total. The van der Waals surface area contributed by atoms with Crippen molar-refractivity contribution in [2.45, 2.75) is 45.4 Å². The SMILES string of the molecule is CN(c1ccc(N)cc1)c1ccc(C2CCC(C)(C)CC2)cc1. The second-order valence-electron chi connectivity index (χ2n) is 7.68. The van der Waals surface area contributed by atoms with E-state index in [-0.39, 0.29) is 0 Å². The number of hydrogen-bond donors (Lipinski definition) is 1. The van der Waals surface area contributed by atoms with Crippen LogP contribution in [-0.4, -0.2) is 7.05 Å². The molecule has 2 aromatic rings. The molecule has 0 aromatic heterocycles. The molecule has 1 aliphatic carbocycles. The Kier molecular flexibility index (Phi) is 4.34. The number of benzene rings is 2. The number of nitrogens with two attached hydrogens (primary N) is 1. The molecule has 1 fully saturated rings. The molecule has 1 saturated carbocycles. The molecule has 122 valence electrons. The fourth-order valence-corrected chi connectivity index (χ4v) is 3.55. The number of rotatable bonds is 3. The Labute approximate surface area is 140 Å². The molecule has 1 aliphatic rings. The predicted molar refractivity (Wildman–Crippen MR) is 100 cm³/mol. The first-order valence-corrected chi connectivity index (χ1v) is 8.64. The number of nitrogen functional groups attached to an aromatic ring is 1. The topological polar surface area (TPSA) is 29.3 Å². The third-order valence-corrected chi connectivity index (χ3v) is 5.37. The van der Waals surface area contributed by atoms with E-state index < -0.39 is 0 Å². The number of nitrogens with zero attached hydrogens (tertiary/aromatic N) is 1. The van der Waals surface area contributed by atoms with Gasteiger partial charge < -0.3 is 10.6 Å². The van der Waals surface area contributed by atoms with Crippen LogP contribution in [0.5, 0.6) is 0 Å². The third-order valence-electron chi connectivity index (χ3n) is 5.37. The van der Waals surface area contributed by atoms with Gasteiger partial charge in [0.25, 0.3) is 0 Å². The standard InChI is InChI=1S/C21H28N2/c1-21(2)14-12-17(13-15-21)16-4-8-19(9-5-16)23(3)20-10-6-18(22)7-11-20/h4-11,17H,12-15,22H2,1-3H3. The van der Waals surface area contributed by atoms with Crippen molar-refractivity contribution in [1.82, 2.24) is 0 Å². The van der Waals surface area contributed by atoms with Crippen molar-refractivity contribution in [3.8, 4) is 0 Å². The van der Waals surface area contributed by atoms with Gasteiger partial charge in [-0.25, -0.2) is 0 Å². The van der Waals surface area contributed by atoms with Gasteiger partial charge >= 0.3 is 0 Å². The Morgan fingerprint density at radius 2 is 1.35 bits per heavy atom. The van der Waals surface area contributed by atoms with E-state index in [4.69, 9.17) is 5.73 Å². The van der Waals surface area contributed by atoms with Crippen LogP contribution in [0, 0.1) is 5.41 Å². The van der Waals surface area contributed by atoms with Crippen LogP contribution in [0.3, 0.4) is 0 Å². The Hall–Kier alpha value is -1.96. The summed E-state index contributed by atoms with van der Waals surface area (Å²) < 4.78 is 0. The van der Waals surface area contributed by atoms with E-state index in [0.29, 0.717) is 5.41 Å². The van der Waals surface area contributed by atoms with E-state index in [1.54, 1.807) is 0 Å². The quantitative estimate of drug-likeness (QED) is 0.735. The molecule has 3 rings (SSSR count). The lowest BCUT2D eigenvalue weighted by molar-refractivity contribution is 0.224. The fourth-order valence-electron chi connectivity index (χ4n) is 3.55. The molecule has 0 atom stereocenters. The molecular formula is C21H28N2. The highest BCUT2D eigenvalue weighted by atomic mass is 15.1. The van der Waals surface area contributed by atoms with Crippen LogP contribution in [-0.2, 0) is 0 Å². The summed E-state index contributed by atoms with van der Waals surface area (Å²) in [6.45, 7) is 4.79. The summed E-state index contributed by atoms with van der Waals surface area (Å²) in [5, 5.41) is 0. The van der Waals surface area contributed by atoms with Crippen molar-refractivity contribution in [3.05, 3.63) is 54.1 Å². The average Bonchev–Trinajstić information content (AvgIpc) is 2.55. The second-order valence-corrected chi connectivity index (χ2v) is 7.68. The minimum atomic E-state index is 0.534. The molecule has 0 radical (unpaired) electrons. The van der Waals surface area contributed by atoms with Crippen molar-refractivity contribution < 1.29 is 0 Å². The number of anilines is 3. The lowest BCUT2D eigenvalue weighted by atomic mass is 9.71. The van der Waals surface area contributed by atoms with Gasteiger partial charge in [0, 0.05) is 24.1 Å². The van der Waals surface area contributed by atoms with Gasteiger partial charge in [-0.2, -0.15) is 0 Å². The van der Waals surface area contributed by atoms with Gasteiger partial charge in [-0.3, -0.25) is 0 Å². The van der Waals surface area contributed by atoms with E-state index >= 15 is 0 Å². The maximum Gasteiger partial charge on any atom is 0.0409 e. The van der Waals surface area contributed by atoms with Gasteiger partial charge in [-0.15, -0.1) is 0 Å². The summed E-state index contributed by atoms with van der Waals surface area (Å²) in [7, 11) is 2.10. The zero-order valence-corrected chi connectivity index (χ0v) is 14.5. The molecule has 0 saturated heterocycles. The molecule has 0 unspecified atom stereocenters. The fraction of sp³-hybridized carbons (Fsp3) is 0.429. The molecule has 2 aromatic carbocycles. The summed E-state index contributed by atoms with van der Waals surface area (Å²) in [6, 6.07) is 17.1. The van der Waals surface area contributed by atoms with Gasteiger partial charge in [0.05, 0.1) is 0 Å². The lowest BCUT2D eigenvalue weighted by Gasteiger charge is -2.34. The van der Waals surface area contributed by atoms with E-state index in [0.717, 1.165) is 17.3 Å². The maximum atomic E-state index is 5.77. The van der Waals surface area contributed by atoms with Crippen LogP contribution in [0.1, 0.15) is 51.0 Å². The summed E-state index contributed by atoms with van der Waals surface area (Å²) in [5.41, 5.74) is 11.0. The van der Waals surface area contributed by atoms with Gasteiger partial charge in [0.2, 0.25) is 0 Å². The van der Waals surface area contributed by atoms with Crippen molar-refractivity contribution in [1.29, 1.82) is 0 Å². The van der Waals surface area contributed by atoms with Gasteiger partial charge in [-0.1, -0.05) is 26.0 Å². The van der Waals surface area contributed by atoms with E-state index in [9.17, 15) is 0 Å². The Morgan fingerprint density at radius 3 is 1.87 bits per heavy atom. The Morgan fingerprint density at radius 1 is 0.870 bits per heavy atom. The van der Waals surface area contributed by atoms with Crippen LogP contribution in [0.4, 0.5) is 17.1 Å². The summed E-state index contributed by atoms with van der Waals surface area (Å²) >= 11 is 0. The first-order chi connectivity index (χ1) is 10.9. The molecule has 0 aliphatic heterocycles. The van der Waals surface area contributed by atoms with Crippen molar-refractivity contribution in [2.24, 2.45) is 5.41 Å². The van der Waals surface area contributed by atoms with Gasteiger partial charge in [0.1, 0.15) is 0 Å². The Bertz CT molecular complexity index is 631. The molecule has 2 nitrogen and oxygen atoms in total. The van der Waals surface area contributed by atoms with Crippen LogP contribution < -0.4 is 10.6 Å². The largest absolute Gasteiger partial charge is 0.399 e. The van der Waals surface area contributed by atoms with Crippen molar-refractivity contribution >= 4 is 17.1 Å². The second kappa shape index (κ2) is 6.27. The maximum absolute atomic E-state index is 5.77. The highest BCUT2D eigenvalue weighted by Gasteiger charge is 2.27. The van der Waals surface area contributed by atoms with Crippen molar-refractivity contribution in [2.75, 3.05) is 17.7 Å². The van der Waals surface area contributed by atoms with Gasteiger partial charge in [0.15, 0.2) is 0 Å². The molecule has 0 amide bonds. The molecule has 0 heterocycles. The van der Waals surface area contributed by atoms with E-state index in [1.807, 2.05) is 12.1 Å². The highest BCUT2D eigenvalue weighted by molar-refractivity contribution is 5.64. The minimum Gasteiger partial charge on any atom is -0.399 e. The summed E-state index contributed by atoms with van der Waals surface area (Å²) in [5.74, 6) is 0.735. The molecule has 0 bridgehead atoms. The lowest BCUT2D eigenvalue weighted by Crippen LogP contribution is -2.20. The van der Waals surface area contributed by atoms with Crippen LogP contribution in [0.25, 0.3) is 0 Å². The zero-order chi connectivity index (χ0) is 16.4. The molecular weight excluding hydrogens is 280 g/mol. The van der Waals surface area contributed by atoms with Gasteiger partial charge in [-0.05, 0) is 79.0 Å². The predicted octanol–water partition coefficient (Wildman–Crippen LogP) is 5.72. The summed E-state index contributed by atoms with van der Waals surface area (Å²) in [6.07, 6.45) is 5.32. The Balaban J connectivity index is 1.71. The first kappa shape index (κ1) is 15.9.